The van der Waals surface area contributed by atoms with E-state index >= 15 is 0 Å². The van der Waals surface area contributed by atoms with Crippen LogP contribution in [0.25, 0.3) is 5.69 Å². The van der Waals surface area contributed by atoms with Crippen LogP contribution in [0.15, 0.2) is 113 Å². The molecule has 0 fully saturated rings. The Balaban J connectivity index is 1.32. The quantitative estimate of drug-likeness (QED) is 0.137. The van der Waals surface area contributed by atoms with Crippen LogP contribution in [0.2, 0.25) is 5.02 Å². The van der Waals surface area contributed by atoms with Crippen LogP contribution in [0.1, 0.15) is 38.4 Å². The number of hydrogen-bond donors (Lipinski definition) is 1. The molecule has 1 heterocycles. The molecule has 0 aliphatic carbocycles. The van der Waals surface area contributed by atoms with E-state index in [1.165, 1.54) is 16.4 Å². The zero-order chi connectivity index (χ0) is 31.4. The van der Waals surface area contributed by atoms with Gasteiger partial charge < -0.3 is 4.57 Å². The molecule has 0 aliphatic rings. The molecule has 0 bridgehead atoms. The van der Waals surface area contributed by atoms with Crippen molar-refractivity contribution in [2.75, 3.05) is 4.31 Å². The number of aromatic nitrogens is 1. The van der Waals surface area contributed by atoms with E-state index in [1.54, 1.807) is 91.1 Å². The van der Waals surface area contributed by atoms with E-state index in [9.17, 15) is 17.6 Å². The minimum Gasteiger partial charge on any atom is -0.318 e. The molecule has 0 unspecified atom stereocenters. The molecule has 44 heavy (non-hydrogen) atoms. The van der Waals surface area contributed by atoms with Crippen LogP contribution in [-0.2, 0) is 16.6 Å². The summed E-state index contributed by atoms with van der Waals surface area (Å²) in [7, 11) is -3.92. The lowest BCUT2D eigenvalue weighted by atomic mass is 10.1. The summed E-state index contributed by atoms with van der Waals surface area (Å²) in [6.07, 6.45) is 1.56. The van der Waals surface area contributed by atoms with Gasteiger partial charge in [-0.05, 0) is 98.6 Å². The van der Waals surface area contributed by atoms with Crippen molar-refractivity contribution < 1.29 is 17.6 Å². The molecule has 4 aromatic carbocycles. The highest BCUT2D eigenvalue weighted by Gasteiger charge is 2.26. The third kappa shape index (κ3) is 6.59. The van der Waals surface area contributed by atoms with Gasteiger partial charge in [-0.2, -0.15) is 5.10 Å². The van der Waals surface area contributed by atoms with Crippen molar-refractivity contribution >= 4 is 39.4 Å². The molecular weight excluding hydrogens is 599 g/mol. The van der Waals surface area contributed by atoms with Crippen LogP contribution in [0.5, 0.6) is 0 Å². The van der Waals surface area contributed by atoms with Crippen LogP contribution in [-0.4, -0.2) is 25.1 Å². The van der Waals surface area contributed by atoms with Gasteiger partial charge in [0.1, 0.15) is 5.82 Å². The lowest BCUT2D eigenvalue weighted by Crippen LogP contribution is -2.31. The maximum atomic E-state index is 13.7. The Bertz CT molecular complexity index is 1940. The van der Waals surface area contributed by atoms with Crippen molar-refractivity contribution in [2.45, 2.75) is 32.2 Å². The number of halogens is 2. The predicted octanol–water partition coefficient (Wildman–Crippen LogP) is 7.35. The monoisotopic (exact) mass is 628 g/mol. The lowest BCUT2D eigenvalue weighted by molar-refractivity contribution is 0.0955. The third-order valence-electron chi connectivity index (χ3n) is 7.24. The SMILES string of the molecule is Cc1ccc(Cl)cc1N(Cc1ccc(C(=O)N/N=C\c2cc(C)n(-c3ccc(F)cc3)c2C)cc1)S(=O)(=O)c1ccccc1. The van der Waals surface area contributed by atoms with Crippen LogP contribution in [0.3, 0.4) is 0 Å². The Labute approximate surface area is 261 Å². The molecule has 0 aliphatic heterocycles. The highest BCUT2D eigenvalue weighted by Crippen LogP contribution is 2.31. The number of aryl methyl sites for hydroxylation is 2. The number of hydrogen-bond acceptors (Lipinski definition) is 4. The number of nitrogens with one attached hydrogen (secondary N) is 1. The minimum absolute atomic E-state index is 0.0299. The number of nitrogens with zero attached hydrogens (tertiary/aromatic N) is 3. The van der Waals surface area contributed by atoms with Crippen molar-refractivity contribution in [3.63, 3.8) is 0 Å². The van der Waals surface area contributed by atoms with E-state index in [0.29, 0.717) is 21.8 Å². The lowest BCUT2D eigenvalue weighted by Gasteiger charge is -2.26. The molecular formula is C34H30ClFN4O3S. The van der Waals surface area contributed by atoms with Gasteiger partial charge in [-0.3, -0.25) is 9.10 Å². The summed E-state index contributed by atoms with van der Waals surface area (Å²) >= 11 is 6.26. The van der Waals surface area contributed by atoms with E-state index < -0.39 is 15.9 Å². The number of anilines is 1. The summed E-state index contributed by atoms with van der Waals surface area (Å²) < 4.78 is 44.2. The molecule has 0 radical (unpaired) electrons. The van der Waals surface area contributed by atoms with E-state index in [1.807, 2.05) is 31.4 Å². The third-order valence-corrected chi connectivity index (χ3v) is 9.25. The number of benzene rings is 4. The maximum absolute atomic E-state index is 13.7. The second-order valence-electron chi connectivity index (χ2n) is 10.3. The predicted molar refractivity (Wildman–Crippen MR) is 173 cm³/mol. The number of sulfonamides is 1. The molecule has 10 heteroatoms. The second-order valence-corrected chi connectivity index (χ2v) is 12.6. The van der Waals surface area contributed by atoms with Crippen LogP contribution >= 0.6 is 11.6 Å². The first-order valence-corrected chi connectivity index (χ1v) is 15.6. The number of carbonyl (C=O) groups excluding carboxylic acids is 1. The number of hydrazone groups is 1. The first-order chi connectivity index (χ1) is 21.0. The van der Waals surface area contributed by atoms with Gasteiger partial charge in [-0.25, -0.2) is 18.2 Å². The van der Waals surface area contributed by atoms with Crippen molar-refractivity contribution in [1.29, 1.82) is 0 Å². The van der Waals surface area contributed by atoms with E-state index in [4.69, 9.17) is 11.6 Å². The Morgan fingerprint density at radius 1 is 0.932 bits per heavy atom. The Kier molecular flexibility index (Phi) is 8.98. The highest BCUT2D eigenvalue weighted by molar-refractivity contribution is 7.92. The molecule has 0 saturated heterocycles. The van der Waals surface area contributed by atoms with Crippen molar-refractivity contribution in [3.05, 3.63) is 148 Å². The summed E-state index contributed by atoms with van der Waals surface area (Å²) in [5.41, 5.74) is 8.26. The molecule has 5 aromatic rings. The molecule has 0 atom stereocenters. The molecule has 1 N–H and O–H groups in total. The summed E-state index contributed by atoms with van der Waals surface area (Å²) in [5.74, 6) is -0.723. The standard InChI is InChI=1S/C34H30ClFN4O3S/c1-23-9-14-29(35)20-33(23)39(44(42,43)32-7-5-4-6-8-32)22-26-10-12-27(13-11-26)34(41)38-37-21-28-19-24(2)40(25(28)3)31-17-15-30(36)16-18-31/h4-21H,22H2,1-3H3,(H,38,41)/b37-21-. The van der Waals surface area contributed by atoms with Gasteiger partial charge in [0.05, 0.1) is 23.3 Å². The summed E-state index contributed by atoms with van der Waals surface area (Å²) in [5, 5.41) is 4.56. The van der Waals surface area contributed by atoms with Crippen molar-refractivity contribution in [1.82, 2.24) is 9.99 Å². The van der Waals surface area contributed by atoms with Gasteiger partial charge in [0.15, 0.2) is 0 Å². The molecule has 0 spiro atoms. The van der Waals surface area contributed by atoms with Gasteiger partial charge in [0, 0.05) is 33.2 Å². The Morgan fingerprint density at radius 2 is 1.61 bits per heavy atom. The van der Waals surface area contributed by atoms with Gasteiger partial charge in [-0.1, -0.05) is 48.0 Å². The van der Waals surface area contributed by atoms with Gasteiger partial charge >= 0.3 is 0 Å². The maximum Gasteiger partial charge on any atom is 0.271 e. The smallest absolute Gasteiger partial charge is 0.271 e. The second kappa shape index (κ2) is 12.9. The first-order valence-electron chi connectivity index (χ1n) is 13.8. The van der Waals surface area contributed by atoms with E-state index in [2.05, 4.69) is 10.5 Å². The fraction of sp³-hybridized carbons (Fsp3) is 0.118. The van der Waals surface area contributed by atoms with E-state index in [-0.39, 0.29) is 17.3 Å². The summed E-state index contributed by atoms with van der Waals surface area (Å²) in [6.45, 7) is 5.72. The Hall–Kier alpha value is -4.73. The summed E-state index contributed by atoms with van der Waals surface area (Å²) in [4.78, 5) is 13.0. The first kappa shape index (κ1) is 30.7. The van der Waals surface area contributed by atoms with Gasteiger partial charge in [-0.15, -0.1) is 0 Å². The van der Waals surface area contributed by atoms with Crippen LogP contribution < -0.4 is 9.73 Å². The van der Waals surface area contributed by atoms with Crippen molar-refractivity contribution in [2.24, 2.45) is 5.10 Å². The number of carbonyl (C=O) groups is 1. The van der Waals surface area contributed by atoms with Crippen molar-refractivity contribution in [3.8, 4) is 5.69 Å². The highest BCUT2D eigenvalue weighted by atomic mass is 35.5. The zero-order valence-electron chi connectivity index (χ0n) is 24.3. The minimum atomic E-state index is -3.92. The molecule has 1 amide bonds. The zero-order valence-corrected chi connectivity index (χ0v) is 25.9. The molecule has 5 rings (SSSR count). The topological polar surface area (TPSA) is 83.8 Å². The normalized spacial score (nSPS) is 11.6. The summed E-state index contributed by atoms with van der Waals surface area (Å²) in [6, 6.07) is 28.2. The Morgan fingerprint density at radius 3 is 2.30 bits per heavy atom. The largest absolute Gasteiger partial charge is 0.318 e. The fourth-order valence-electron chi connectivity index (χ4n) is 4.93. The molecule has 0 saturated carbocycles. The van der Waals surface area contributed by atoms with Gasteiger partial charge in [0.2, 0.25) is 0 Å². The average molecular weight is 629 g/mol. The molecule has 224 valence electrons. The van der Waals surface area contributed by atoms with Crippen LogP contribution in [0, 0.1) is 26.6 Å². The van der Waals surface area contributed by atoms with Crippen LogP contribution in [0.4, 0.5) is 10.1 Å². The fourth-order valence-corrected chi connectivity index (χ4v) is 6.63. The van der Waals surface area contributed by atoms with E-state index in [0.717, 1.165) is 28.2 Å². The molecule has 1 aromatic heterocycles. The van der Waals surface area contributed by atoms with Gasteiger partial charge in [0.25, 0.3) is 15.9 Å². The molecule has 7 nitrogen and oxygen atoms in total. The average Bonchev–Trinajstić information content (AvgIpc) is 3.30. The number of amides is 1. The number of rotatable bonds is 9.